The number of nitro groups is 1. The van der Waals surface area contributed by atoms with E-state index in [0.29, 0.717) is 0 Å². The average molecular weight is 442 g/mol. The van der Waals surface area contributed by atoms with Crippen molar-refractivity contribution in [1.29, 1.82) is 0 Å². The molecule has 1 amide bonds. The fourth-order valence-corrected chi connectivity index (χ4v) is 4.12. The van der Waals surface area contributed by atoms with Crippen molar-refractivity contribution in [2.45, 2.75) is 18.7 Å². The van der Waals surface area contributed by atoms with Gasteiger partial charge in [0.2, 0.25) is 15.9 Å². The maximum Gasteiger partial charge on any atom is 0.293 e. The van der Waals surface area contributed by atoms with Crippen LogP contribution in [0, 0.1) is 21.7 Å². The molecule has 0 heterocycles. The van der Waals surface area contributed by atoms with Gasteiger partial charge in [0.05, 0.1) is 16.4 Å². The highest BCUT2D eigenvalue weighted by molar-refractivity contribution is 7.89. The van der Waals surface area contributed by atoms with Crippen LogP contribution >= 0.6 is 0 Å². The minimum Gasteiger partial charge on any atom is -0.371 e. The monoisotopic (exact) mass is 442 g/mol. The third-order valence-electron chi connectivity index (χ3n) is 4.15. The predicted molar refractivity (Wildman–Crippen MR) is 107 cm³/mol. The first kappa shape index (κ1) is 23.2. The van der Waals surface area contributed by atoms with Gasteiger partial charge in [0, 0.05) is 30.9 Å². The van der Waals surface area contributed by atoms with E-state index in [4.69, 9.17) is 0 Å². The largest absolute Gasteiger partial charge is 0.371 e. The number of amides is 1. The van der Waals surface area contributed by atoms with Gasteiger partial charge >= 0.3 is 0 Å². The zero-order valence-electron chi connectivity index (χ0n) is 16.2. The molecule has 0 aliphatic heterocycles. The van der Waals surface area contributed by atoms with Crippen LogP contribution in [0.1, 0.15) is 13.8 Å². The van der Waals surface area contributed by atoms with E-state index in [9.17, 15) is 32.1 Å². The van der Waals surface area contributed by atoms with Gasteiger partial charge < -0.3 is 10.6 Å². The van der Waals surface area contributed by atoms with Crippen LogP contribution in [0.5, 0.6) is 0 Å². The van der Waals surface area contributed by atoms with Crippen molar-refractivity contribution in [3.05, 3.63) is 58.1 Å². The number of nitrogens with one attached hydrogen (secondary N) is 2. The number of nitrogens with zero attached hydrogens (tertiary/aromatic N) is 2. The molecule has 0 bridgehead atoms. The second kappa shape index (κ2) is 9.59. The van der Waals surface area contributed by atoms with Crippen LogP contribution in [-0.2, 0) is 14.8 Å². The van der Waals surface area contributed by atoms with E-state index >= 15 is 0 Å². The van der Waals surface area contributed by atoms with E-state index in [1.807, 2.05) is 0 Å². The smallest absolute Gasteiger partial charge is 0.293 e. The first-order valence-corrected chi connectivity index (χ1v) is 10.3. The molecule has 2 aromatic carbocycles. The van der Waals surface area contributed by atoms with Gasteiger partial charge in [-0.15, -0.1) is 0 Å². The van der Waals surface area contributed by atoms with Gasteiger partial charge in [0.25, 0.3) is 5.69 Å². The predicted octanol–water partition coefficient (Wildman–Crippen LogP) is 2.95. The maximum absolute atomic E-state index is 13.2. The third kappa shape index (κ3) is 5.27. The van der Waals surface area contributed by atoms with E-state index < -0.39 is 44.7 Å². The van der Waals surface area contributed by atoms with Crippen molar-refractivity contribution in [2.24, 2.45) is 0 Å². The molecule has 0 radical (unpaired) electrons. The van der Waals surface area contributed by atoms with Crippen LogP contribution in [0.3, 0.4) is 0 Å². The van der Waals surface area contributed by atoms with Gasteiger partial charge in [0.15, 0.2) is 11.6 Å². The number of sulfonamides is 1. The molecular weight excluding hydrogens is 422 g/mol. The number of halogens is 2. The summed E-state index contributed by atoms with van der Waals surface area (Å²) in [5.41, 5.74) is -0.585. The average Bonchev–Trinajstić information content (AvgIpc) is 2.69. The zero-order chi connectivity index (χ0) is 22.5. The Morgan fingerprint density at radius 2 is 1.77 bits per heavy atom. The Kier molecular flexibility index (Phi) is 7.40. The Bertz CT molecular complexity index is 1060. The first-order chi connectivity index (χ1) is 14.1. The molecule has 30 heavy (non-hydrogen) atoms. The lowest BCUT2D eigenvalue weighted by Crippen LogP contribution is -2.30. The van der Waals surface area contributed by atoms with Crippen molar-refractivity contribution in [2.75, 3.05) is 30.3 Å². The summed E-state index contributed by atoms with van der Waals surface area (Å²) < 4.78 is 52.4. The molecule has 0 unspecified atom stereocenters. The second-order valence-corrected chi connectivity index (χ2v) is 7.99. The summed E-state index contributed by atoms with van der Waals surface area (Å²) in [6.45, 7) is 3.28. The number of carbonyl (C=O) groups is 1. The van der Waals surface area contributed by atoms with Crippen molar-refractivity contribution in [3.8, 4) is 0 Å². The molecule has 0 atom stereocenters. The standard InChI is InChI=1S/C18H20F2N4O5S/c1-3-23(4-2)30(28,29)13-6-8-16(17(10-13)24(26)27)21-11-18(25)22-12-5-7-14(19)15(20)9-12/h5-10,21H,3-4,11H2,1-2H3,(H,22,25). The summed E-state index contributed by atoms with van der Waals surface area (Å²) in [6, 6.07) is 6.12. The van der Waals surface area contributed by atoms with E-state index in [0.717, 1.165) is 28.6 Å². The van der Waals surface area contributed by atoms with Crippen molar-refractivity contribution >= 4 is 33.0 Å². The fourth-order valence-electron chi connectivity index (χ4n) is 2.64. The second-order valence-electron chi connectivity index (χ2n) is 6.06. The zero-order valence-corrected chi connectivity index (χ0v) is 17.0. The Morgan fingerprint density at radius 3 is 2.33 bits per heavy atom. The molecule has 2 aromatic rings. The Labute approximate surface area is 171 Å². The Hall–Kier alpha value is -3.12. The van der Waals surface area contributed by atoms with Crippen molar-refractivity contribution in [1.82, 2.24) is 4.31 Å². The van der Waals surface area contributed by atoms with Gasteiger partial charge in [-0.2, -0.15) is 4.31 Å². The molecule has 0 aliphatic rings. The highest BCUT2D eigenvalue weighted by Crippen LogP contribution is 2.29. The molecule has 0 aliphatic carbocycles. The summed E-state index contributed by atoms with van der Waals surface area (Å²) in [6.07, 6.45) is 0. The number of anilines is 2. The number of nitro benzene ring substituents is 1. The van der Waals surface area contributed by atoms with Crippen LogP contribution in [0.25, 0.3) is 0 Å². The highest BCUT2D eigenvalue weighted by Gasteiger charge is 2.25. The number of rotatable bonds is 9. The number of carbonyl (C=O) groups excluding carboxylic acids is 1. The molecule has 0 saturated carbocycles. The van der Waals surface area contributed by atoms with Gasteiger partial charge in [0.1, 0.15) is 5.69 Å². The van der Waals surface area contributed by atoms with Gasteiger partial charge in [-0.25, -0.2) is 17.2 Å². The minimum absolute atomic E-state index is 0.0101. The normalized spacial score (nSPS) is 11.4. The lowest BCUT2D eigenvalue weighted by molar-refractivity contribution is -0.384. The summed E-state index contributed by atoms with van der Waals surface area (Å²) in [5, 5.41) is 16.3. The number of hydrogen-bond acceptors (Lipinski definition) is 6. The first-order valence-electron chi connectivity index (χ1n) is 8.87. The van der Waals surface area contributed by atoms with E-state index in [1.165, 1.54) is 12.1 Å². The quantitative estimate of drug-likeness (QED) is 0.455. The van der Waals surface area contributed by atoms with E-state index in [1.54, 1.807) is 13.8 Å². The lowest BCUT2D eigenvalue weighted by Gasteiger charge is -2.18. The van der Waals surface area contributed by atoms with Crippen LogP contribution in [0.2, 0.25) is 0 Å². The topological polar surface area (TPSA) is 122 Å². The molecule has 162 valence electrons. The highest BCUT2D eigenvalue weighted by atomic mass is 32.2. The third-order valence-corrected chi connectivity index (χ3v) is 6.20. The van der Waals surface area contributed by atoms with Crippen LogP contribution in [0.15, 0.2) is 41.3 Å². The summed E-state index contributed by atoms with van der Waals surface area (Å²) >= 11 is 0. The van der Waals surface area contributed by atoms with Gasteiger partial charge in [-0.05, 0) is 24.3 Å². The minimum atomic E-state index is -3.90. The molecular formula is C18H20F2N4O5S. The van der Waals surface area contributed by atoms with Crippen LogP contribution in [-0.4, -0.2) is 43.2 Å². The Balaban J connectivity index is 2.18. The molecule has 0 fully saturated rings. The molecule has 9 nitrogen and oxygen atoms in total. The SMILES string of the molecule is CCN(CC)S(=O)(=O)c1ccc(NCC(=O)Nc2ccc(F)c(F)c2)c([N+](=O)[O-])c1. The van der Waals surface area contributed by atoms with Crippen LogP contribution < -0.4 is 10.6 Å². The van der Waals surface area contributed by atoms with Crippen molar-refractivity contribution in [3.63, 3.8) is 0 Å². The summed E-state index contributed by atoms with van der Waals surface area (Å²) in [4.78, 5) is 22.4. The summed E-state index contributed by atoms with van der Waals surface area (Å²) in [7, 11) is -3.90. The molecule has 0 aromatic heterocycles. The van der Waals surface area contributed by atoms with E-state index in [2.05, 4.69) is 10.6 Å². The Morgan fingerprint density at radius 1 is 1.10 bits per heavy atom. The summed E-state index contributed by atoms with van der Waals surface area (Å²) in [5.74, 6) is -2.88. The molecule has 2 rings (SSSR count). The number of benzene rings is 2. The number of hydrogen-bond donors (Lipinski definition) is 2. The fraction of sp³-hybridized carbons (Fsp3) is 0.278. The van der Waals surface area contributed by atoms with Gasteiger partial charge in [-0.1, -0.05) is 13.8 Å². The maximum atomic E-state index is 13.2. The van der Waals surface area contributed by atoms with E-state index in [-0.39, 0.29) is 29.4 Å². The lowest BCUT2D eigenvalue weighted by atomic mass is 10.2. The van der Waals surface area contributed by atoms with Gasteiger partial charge in [-0.3, -0.25) is 14.9 Å². The molecule has 0 spiro atoms. The molecule has 2 N–H and O–H groups in total. The molecule has 0 saturated heterocycles. The molecule has 12 heteroatoms. The van der Waals surface area contributed by atoms with Crippen molar-refractivity contribution < 1.29 is 26.9 Å². The van der Waals surface area contributed by atoms with Crippen LogP contribution in [0.4, 0.5) is 25.8 Å².